The summed E-state index contributed by atoms with van der Waals surface area (Å²) >= 11 is 6.20. The van der Waals surface area contributed by atoms with Crippen LogP contribution in [0.4, 0.5) is 11.5 Å². The van der Waals surface area contributed by atoms with E-state index in [1.54, 1.807) is 0 Å². The van der Waals surface area contributed by atoms with Crippen molar-refractivity contribution in [3.05, 3.63) is 29.3 Å². The molecule has 2 aromatic rings. The third-order valence-corrected chi connectivity index (χ3v) is 4.69. The topological polar surface area (TPSA) is 34.6 Å². The Morgan fingerprint density at radius 1 is 1.17 bits per heavy atom. The average Bonchev–Trinajstić information content (AvgIpc) is 2.55. The molecule has 0 atom stereocenters. The molecule has 0 radical (unpaired) electrons. The zero-order valence-corrected chi connectivity index (χ0v) is 15.5. The number of fused-ring (bicyclic) bond motifs is 1. The minimum Gasteiger partial charge on any atom is -0.383 e. The van der Waals surface area contributed by atoms with E-state index < -0.39 is 0 Å². The molecule has 5 nitrogen and oxygen atoms in total. The van der Waals surface area contributed by atoms with Crippen LogP contribution in [0.15, 0.2) is 24.3 Å². The van der Waals surface area contributed by atoms with Crippen molar-refractivity contribution in [1.82, 2.24) is 14.8 Å². The molecular formula is C18H26ClN5. The van der Waals surface area contributed by atoms with Crippen molar-refractivity contribution in [2.24, 2.45) is 0 Å². The maximum absolute atomic E-state index is 6.20. The van der Waals surface area contributed by atoms with Gasteiger partial charge in [0.25, 0.3) is 0 Å². The zero-order chi connectivity index (χ0) is 17.1. The SMILES string of the molecule is CN(C)CCNc1cc(N2CCN(C)CC2)nc2ccc(Cl)cc12. The number of pyridine rings is 1. The number of hydrogen-bond acceptors (Lipinski definition) is 5. The minimum absolute atomic E-state index is 0.743. The summed E-state index contributed by atoms with van der Waals surface area (Å²) in [6.45, 7) is 6.04. The molecule has 0 spiro atoms. The molecule has 0 unspecified atom stereocenters. The maximum Gasteiger partial charge on any atom is 0.131 e. The van der Waals surface area contributed by atoms with Crippen molar-refractivity contribution >= 4 is 34.0 Å². The van der Waals surface area contributed by atoms with Crippen LogP contribution in [-0.4, -0.2) is 75.2 Å². The number of anilines is 2. The van der Waals surface area contributed by atoms with Gasteiger partial charge in [-0.15, -0.1) is 0 Å². The summed E-state index contributed by atoms with van der Waals surface area (Å²) < 4.78 is 0. The highest BCUT2D eigenvalue weighted by molar-refractivity contribution is 6.31. The second kappa shape index (κ2) is 7.55. The number of likely N-dealkylation sites (N-methyl/N-ethyl adjacent to an activating group) is 2. The van der Waals surface area contributed by atoms with Crippen LogP contribution in [0.3, 0.4) is 0 Å². The second-order valence-corrected chi connectivity index (χ2v) is 7.15. The Labute approximate surface area is 149 Å². The summed E-state index contributed by atoms with van der Waals surface area (Å²) in [6.07, 6.45) is 0. The van der Waals surface area contributed by atoms with E-state index in [0.717, 1.165) is 66.7 Å². The van der Waals surface area contributed by atoms with E-state index in [1.807, 2.05) is 18.2 Å². The largest absolute Gasteiger partial charge is 0.383 e. The first-order valence-corrected chi connectivity index (χ1v) is 8.83. The van der Waals surface area contributed by atoms with Crippen LogP contribution in [0.25, 0.3) is 10.9 Å². The molecule has 0 amide bonds. The molecule has 6 heteroatoms. The van der Waals surface area contributed by atoms with Crippen LogP contribution in [0.5, 0.6) is 0 Å². The van der Waals surface area contributed by atoms with Crippen molar-refractivity contribution in [2.75, 3.05) is 70.6 Å². The first-order chi connectivity index (χ1) is 11.5. The highest BCUT2D eigenvalue weighted by Crippen LogP contribution is 2.29. The molecule has 0 saturated carbocycles. The lowest BCUT2D eigenvalue weighted by atomic mass is 10.1. The Morgan fingerprint density at radius 3 is 2.62 bits per heavy atom. The Balaban J connectivity index is 1.91. The monoisotopic (exact) mass is 347 g/mol. The van der Waals surface area contributed by atoms with Gasteiger partial charge in [0.05, 0.1) is 5.52 Å². The van der Waals surface area contributed by atoms with Gasteiger partial charge < -0.3 is 20.0 Å². The molecule has 1 aromatic heterocycles. The van der Waals surface area contributed by atoms with Crippen molar-refractivity contribution in [3.63, 3.8) is 0 Å². The lowest BCUT2D eigenvalue weighted by molar-refractivity contribution is 0.312. The van der Waals surface area contributed by atoms with Crippen molar-refractivity contribution in [3.8, 4) is 0 Å². The van der Waals surface area contributed by atoms with E-state index in [0.29, 0.717) is 0 Å². The van der Waals surface area contributed by atoms with Crippen LogP contribution < -0.4 is 10.2 Å². The molecule has 130 valence electrons. The maximum atomic E-state index is 6.20. The molecule has 1 aliphatic rings. The normalized spacial score (nSPS) is 16.1. The number of aromatic nitrogens is 1. The summed E-state index contributed by atoms with van der Waals surface area (Å²) in [5, 5.41) is 5.38. The molecule has 1 fully saturated rings. The van der Waals surface area contributed by atoms with Gasteiger partial charge in [0.15, 0.2) is 0 Å². The van der Waals surface area contributed by atoms with Crippen LogP contribution in [0.1, 0.15) is 0 Å². The van der Waals surface area contributed by atoms with E-state index >= 15 is 0 Å². The molecule has 0 aliphatic carbocycles. The lowest BCUT2D eigenvalue weighted by Gasteiger charge is -2.33. The third kappa shape index (κ3) is 4.09. The third-order valence-electron chi connectivity index (χ3n) is 4.46. The van der Waals surface area contributed by atoms with Gasteiger partial charge in [0, 0.05) is 61.4 Å². The average molecular weight is 348 g/mol. The standard InChI is InChI=1S/C18H26ClN5/c1-22(2)7-6-20-17-13-18(24-10-8-23(3)9-11-24)21-16-5-4-14(19)12-15(16)17/h4-5,12-13H,6-11H2,1-3H3,(H,20,21). The highest BCUT2D eigenvalue weighted by atomic mass is 35.5. The summed E-state index contributed by atoms with van der Waals surface area (Å²) in [4.78, 5) is 11.8. The highest BCUT2D eigenvalue weighted by Gasteiger charge is 2.17. The fourth-order valence-corrected chi connectivity index (χ4v) is 3.11. The summed E-state index contributed by atoms with van der Waals surface area (Å²) in [5.41, 5.74) is 2.10. The predicted molar refractivity (Wildman–Crippen MR) is 104 cm³/mol. The number of halogens is 1. The smallest absolute Gasteiger partial charge is 0.131 e. The van der Waals surface area contributed by atoms with Gasteiger partial charge >= 0.3 is 0 Å². The summed E-state index contributed by atoms with van der Waals surface area (Å²) in [6, 6.07) is 8.08. The number of benzene rings is 1. The first-order valence-electron chi connectivity index (χ1n) is 8.45. The quantitative estimate of drug-likeness (QED) is 0.899. The molecule has 24 heavy (non-hydrogen) atoms. The Bertz CT molecular complexity index is 695. The van der Waals surface area contributed by atoms with Crippen molar-refractivity contribution in [2.45, 2.75) is 0 Å². The van der Waals surface area contributed by atoms with Crippen molar-refractivity contribution < 1.29 is 0 Å². The Hall–Kier alpha value is -1.56. The van der Waals surface area contributed by atoms with Crippen LogP contribution in [0, 0.1) is 0 Å². The molecule has 3 rings (SSSR count). The van der Waals surface area contributed by atoms with Gasteiger partial charge in [-0.2, -0.15) is 0 Å². The van der Waals surface area contributed by atoms with Crippen molar-refractivity contribution in [1.29, 1.82) is 0 Å². The summed E-state index contributed by atoms with van der Waals surface area (Å²) in [5.74, 6) is 1.05. The molecule has 1 aromatic carbocycles. The lowest BCUT2D eigenvalue weighted by Crippen LogP contribution is -2.44. The molecule has 1 N–H and O–H groups in total. The van der Waals surface area contributed by atoms with Crippen LogP contribution >= 0.6 is 11.6 Å². The Morgan fingerprint density at radius 2 is 1.92 bits per heavy atom. The number of nitrogens with one attached hydrogen (secondary N) is 1. The second-order valence-electron chi connectivity index (χ2n) is 6.71. The number of hydrogen-bond donors (Lipinski definition) is 1. The molecule has 1 saturated heterocycles. The minimum atomic E-state index is 0.743. The van der Waals surface area contributed by atoms with E-state index in [-0.39, 0.29) is 0 Å². The fraction of sp³-hybridized carbons (Fsp3) is 0.500. The van der Waals surface area contributed by atoms with E-state index in [9.17, 15) is 0 Å². The van der Waals surface area contributed by atoms with Crippen LogP contribution in [-0.2, 0) is 0 Å². The van der Waals surface area contributed by atoms with Gasteiger partial charge in [-0.25, -0.2) is 4.98 Å². The fourth-order valence-electron chi connectivity index (χ4n) is 2.94. The predicted octanol–water partition coefficient (Wildman–Crippen LogP) is 2.61. The van der Waals surface area contributed by atoms with Gasteiger partial charge in [0.2, 0.25) is 0 Å². The number of piperazine rings is 1. The number of nitrogens with zero attached hydrogens (tertiary/aromatic N) is 4. The summed E-state index contributed by atoms with van der Waals surface area (Å²) in [7, 11) is 6.33. The zero-order valence-electron chi connectivity index (χ0n) is 14.7. The molecule has 2 heterocycles. The van der Waals surface area contributed by atoms with E-state index in [1.165, 1.54) is 0 Å². The van der Waals surface area contributed by atoms with E-state index in [4.69, 9.17) is 16.6 Å². The molecular weight excluding hydrogens is 322 g/mol. The first kappa shape index (κ1) is 17.3. The Kier molecular flexibility index (Phi) is 5.43. The molecule has 1 aliphatic heterocycles. The van der Waals surface area contributed by atoms with Gasteiger partial charge in [-0.05, 0) is 39.3 Å². The molecule has 0 bridgehead atoms. The van der Waals surface area contributed by atoms with Crippen LogP contribution in [0.2, 0.25) is 5.02 Å². The van der Waals surface area contributed by atoms with Gasteiger partial charge in [-0.3, -0.25) is 0 Å². The van der Waals surface area contributed by atoms with E-state index in [2.05, 4.69) is 47.2 Å². The number of rotatable bonds is 5. The van der Waals surface area contributed by atoms with Gasteiger partial charge in [-0.1, -0.05) is 11.6 Å². The van der Waals surface area contributed by atoms with Gasteiger partial charge in [0.1, 0.15) is 5.82 Å².